The Balaban J connectivity index is 2.27. The Morgan fingerprint density at radius 2 is 1.31 bits per heavy atom. The smallest absolute Gasteiger partial charge is 0.0291 e. The van der Waals surface area contributed by atoms with Crippen molar-refractivity contribution in [3.63, 3.8) is 0 Å². The Labute approximate surface area is 96.1 Å². The summed E-state index contributed by atoms with van der Waals surface area (Å²) >= 11 is 0. The highest BCUT2D eigenvalue weighted by Crippen LogP contribution is 2.29. The monoisotopic (exact) mass is 209 g/mol. The van der Waals surface area contributed by atoms with Crippen molar-refractivity contribution in [3.05, 3.63) is 59.0 Å². The molecule has 1 nitrogen and oxygen atoms in total. The van der Waals surface area contributed by atoms with E-state index in [1.807, 2.05) is 0 Å². The first-order valence-electron chi connectivity index (χ1n) is 5.75. The van der Waals surface area contributed by atoms with Crippen LogP contribution in [0, 0.1) is 0 Å². The Morgan fingerprint density at radius 3 is 1.81 bits per heavy atom. The van der Waals surface area contributed by atoms with Gasteiger partial charge in [0.15, 0.2) is 0 Å². The van der Waals surface area contributed by atoms with Crippen LogP contribution in [0.3, 0.4) is 0 Å². The second kappa shape index (κ2) is 3.67. The average Bonchev–Trinajstić information content (AvgIpc) is 2.60. The van der Waals surface area contributed by atoms with Crippen LogP contribution in [0.2, 0.25) is 0 Å². The minimum atomic E-state index is 1.03. The number of rotatable bonds is 0. The first-order chi connectivity index (χ1) is 7.88. The van der Waals surface area contributed by atoms with Gasteiger partial charge < -0.3 is 4.57 Å². The fraction of sp³-hybridized carbons (Fsp3) is 0.200. The molecular formula is C15H15N. The maximum atomic E-state index is 2.35. The molecule has 0 amide bonds. The number of hydrogen-bond acceptors (Lipinski definition) is 0. The number of aromatic nitrogens is 1. The van der Waals surface area contributed by atoms with E-state index in [0.29, 0.717) is 0 Å². The largest absolute Gasteiger partial charge is 0.350 e. The number of fused-ring (bicyclic) bond motifs is 3. The van der Waals surface area contributed by atoms with Crippen molar-refractivity contribution >= 4 is 12.2 Å². The van der Waals surface area contributed by atoms with Crippen molar-refractivity contribution in [2.45, 2.75) is 12.8 Å². The van der Waals surface area contributed by atoms with Crippen LogP contribution < -0.4 is 0 Å². The third-order valence-electron chi connectivity index (χ3n) is 3.36. The quantitative estimate of drug-likeness (QED) is 0.618. The molecule has 0 spiro atoms. The molecule has 1 aromatic heterocycles. The lowest BCUT2D eigenvalue weighted by Gasteiger charge is -2.04. The predicted molar refractivity (Wildman–Crippen MR) is 69.2 cm³/mol. The van der Waals surface area contributed by atoms with Crippen molar-refractivity contribution in [3.8, 4) is 0 Å². The zero-order valence-electron chi connectivity index (χ0n) is 9.48. The molecule has 2 aliphatic carbocycles. The van der Waals surface area contributed by atoms with Crippen LogP contribution in [0.1, 0.15) is 22.5 Å². The molecule has 0 saturated carbocycles. The molecule has 0 radical (unpaired) electrons. The second-order valence-corrected chi connectivity index (χ2v) is 4.26. The summed E-state index contributed by atoms with van der Waals surface area (Å²) in [5.74, 6) is 0. The molecular weight excluding hydrogens is 194 g/mol. The Kier molecular flexibility index (Phi) is 2.17. The van der Waals surface area contributed by atoms with E-state index in [1.165, 1.54) is 22.5 Å². The second-order valence-electron chi connectivity index (χ2n) is 4.26. The zero-order chi connectivity index (χ0) is 11.0. The fourth-order valence-corrected chi connectivity index (χ4v) is 2.52. The summed E-state index contributed by atoms with van der Waals surface area (Å²) in [5.41, 5.74) is 5.63. The van der Waals surface area contributed by atoms with E-state index < -0.39 is 0 Å². The van der Waals surface area contributed by atoms with Crippen molar-refractivity contribution in [1.82, 2.24) is 4.57 Å². The van der Waals surface area contributed by atoms with E-state index in [4.69, 9.17) is 0 Å². The van der Waals surface area contributed by atoms with Gasteiger partial charge in [-0.1, -0.05) is 48.6 Å². The van der Waals surface area contributed by atoms with Gasteiger partial charge in [0, 0.05) is 42.4 Å². The highest BCUT2D eigenvalue weighted by molar-refractivity contribution is 5.72. The highest BCUT2D eigenvalue weighted by Gasteiger charge is 2.17. The lowest BCUT2D eigenvalue weighted by atomic mass is 10.1. The van der Waals surface area contributed by atoms with E-state index in [9.17, 15) is 0 Å². The van der Waals surface area contributed by atoms with Crippen molar-refractivity contribution in [2.75, 3.05) is 0 Å². The molecule has 0 aromatic carbocycles. The lowest BCUT2D eigenvalue weighted by Crippen LogP contribution is -2.00. The summed E-state index contributed by atoms with van der Waals surface area (Å²) in [7, 11) is 2.18. The Hall–Kier alpha value is -1.76. The third kappa shape index (κ3) is 1.32. The minimum Gasteiger partial charge on any atom is -0.350 e. The fourth-order valence-electron chi connectivity index (χ4n) is 2.52. The molecule has 1 heterocycles. The predicted octanol–water partition coefficient (Wildman–Crippen LogP) is 3.28. The SMILES string of the molecule is Cn1c2c(c3c1CC=CC=C3)C=CC=CC2. The average molecular weight is 209 g/mol. The molecule has 0 N–H and O–H groups in total. The maximum absolute atomic E-state index is 2.35. The maximum Gasteiger partial charge on any atom is 0.0291 e. The Morgan fingerprint density at radius 1 is 0.812 bits per heavy atom. The van der Waals surface area contributed by atoms with Crippen LogP contribution in [-0.4, -0.2) is 4.57 Å². The molecule has 0 bridgehead atoms. The molecule has 0 unspecified atom stereocenters. The lowest BCUT2D eigenvalue weighted by molar-refractivity contribution is 0.806. The molecule has 3 rings (SSSR count). The highest BCUT2D eigenvalue weighted by atomic mass is 15.0. The van der Waals surface area contributed by atoms with Crippen LogP contribution >= 0.6 is 0 Å². The molecule has 2 aliphatic rings. The van der Waals surface area contributed by atoms with Crippen molar-refractivity contribution in [1.29, 1.82) is 0 Å². The summed E-state index contributed by atoms with van der Waals surface area (Å²) in [6.45, 7) is 0. The van der Waals surface area contributed by atoms with Gasteiger partial charge in [0.1, 0.15) is 0 Å². The first kappa shape index (κ1) is 9.46. The molecule has 0 aliphatic heterocycles. The molecule has 1 heteroatoms. The summed E-state index contributed by atoms with van der Waals surface area (Å²) in [6.07, 6.45) is 19.5. The number of hydrogen-bond donors (Lipinski definition) is 0. The van der Waals surface area contributed by atoms with Crippen LogP contribution in [-0.2, 0) is 19.9 Å². The van der Waals surface area contributed by atoms with E-state index >= 15 is 0 Å². The first-order valence-corrected chi connectivity index (χ1v) is 5.75. The summed E-state index contributed by atoms with van der Waals surface area (Å²) < 4.78 is 2.35. The van der Waals surface area contributed by atoms with Crippen LogP contribution in [0.5, 0.6) is 0 Å². The summed E-state index contributed by atoms with van der Waals surface area (Å²) in [5, 5.41) is 0. The van der Waals surface area contributed by atoms with Gasteiger partial charge in [0.2, 0.25) is 0 Å². The summed E-state index contributed by atoms with van der Waals surface area (Å²) in [4.78, 5) is 0. The van der Waals surface area contributed by atoms with E-state index in [0.717, 1.165) is 12.8 Å². The number of nitrogens with zero attached hydrogens (tertiary/aromatic N) is 1. The van der Waals surface area contributed by atoms with Gasteiger partial charge in [-0.3, -0.25) is 0 Å². The number of allylic oxidation sites excluding steroid dienone is 6. The molecule has 80 valence electrons. The summed E-state index contributed by atoms with van der Waals surface area (Å²) in [6, 6.07) is 0. The molecule has 0 fully saturated rings. The van der Waals surface area contributed by atoms with E-state index in [-0.39, 0.29) is 0 Å². The van der Waals surface area contributed by atoms with Gasteiger partial charge in [-0.05, 0) is 0 Å². The van der Waals surface area contributed by atoms with Crippen molar-refractivity contribution < 1.29 is 0 Å². The van der Waals surface area contributed by atoms with Crippen molar-refractivity contribution in [2.24, 2.45) is 7.05 Å². The topological polar surface area (TPSA) is 4.93 Å². The standard InChI is InChI=1S/C15H15N/c1-16-14-10-6-2-4-8-12(14)13-9-5-3-7-11-15(13)16/h2-9H,10-11H2,1H3. The Bertz CT molecular complexity index is 489. The van der Waals surface area contributed by atoms with E-state index in [2.05, 4.69) is 60.2 Å². The van der Waals surface area contributed by atoms with Gasteiger partial charge in [-0.2, -0.15) is 0 Å². The molecule has 0 saturated heterocycles. The van der Waals surface area contributed by atoms with Gasteiger partial charge in [-0.15, -0.1) is 0 Å². The third-order valence-corrected chi connectivity index (χ3v) is 3.36. The zero-order valence-corrected chi connectivity index (χ0v) is 9.48. The minimum absolute atomic E-state index is 1.03. The van der Waals surface area contributed by atoms with E-state index in [1.54, 1.807) is 0 Å². The van der Waals surface area contributed by atoms with Crippen LogP contribution in [0.25, 0.3) is 12.2 Å². The normalized spacial score (nSPS) is 16.8. The molecule has 16 heavy (non-hydrogen) atoms. The van der Waals surface area contributed by atoms with Gasteiger partial charge >= 0.3 is 0 Å². The van der Waals surface area contributed by atoms with Crippen LogP contribution in [0.4, 0.5) is 0 Å². The van der Waals surface area contributed by atoms with Gasteiger partial charge in [0.05, 0.1) is 0 Å². The molecule has 1 aromatic rings. The van der Waals surface area contributed by atoms with Gasteiger partial charge in [0.25, 0.3) is 0 Å². The van der Waals surface area contributed by atoms with Crippen LogP contribution in [0.15, 0.2) is 36.5 Å². The molecule has 0 atom stereocenters. The van der Waals surface area contributed by atoms with Gasteiger partial charge in [-0.25, -0.2) is 0 Å².